The van der Waals surface area contributed by atoms with Crippen molar-refractivity contribution in [1.82, 2.24) is 35.0 Å². The van der Waals surface area contributed by atoms with E-state index in [2.05, 4.69) is 15.6 Å². The molecule has 2 aromatic heterocycles. The van der Waals surface area contributed by atoms with Crippen LogP contribution in [0.2, 0.25) is 0 Å². The summed E-state index contributed by atoms with van der Waals surface area (Å²) in [5.74, 6) is -2.88. The number of halogens is 4. The smallest absolute Gasteiger partial charge is 0.245 e. The third-order valence-electron chi connectivity index (χ3n) is 12.7. The maximum Gasteiger partial charge on any atom is 0.245 e. The van der Waals surface area contributed by atoms with E-state index in [1.54, 1.807) is 44.5 Å². The summed E-state index contributed by atoms with van der Waals surface area (Å²) in [4.78, 5) is 65.7. The quantitative estimate of drug-likeness (QED) is 0.110. The lowest BCUT2D eigenvalue weighted by atomic mass is 9.76. The standard InChI is InChI=1S/C45H59F4N7O4/c1-9-24(3)42(58)53-35(10-2)44(60)55-22-29(49)16-31(55)23-56-38-14-12-27(47)18-37(38)52-41(56)40-33(32-13-11-26(46)17-36(32)51-40)19-30-15-28(48)21-54(30)43(59)34(45(5,6)7)20-39(57)25(4)50-8/h11-14,17-18,24-25,28-31,34-35,50-51H,9-10,15-16,19-23H2,1-8H3,(H,53,58)/t24-,25+,28+,29+,30+,31+,34?,35+/m1/s1. The van der Waals surface area contributed by atoms with E-state index in [9.17, 15) is 28.0 Å². The molecule has 4 aromatic rings. The molecule has 0 aliphatic carbocycles. The molecule has 2 aromatic carbocycles. The largest absolute Gasteiger partial charge is 0.352 e. The van der Waals surface area contributed by atoms with E-state index in [-0.39, 0.29) is 74.3 Å². The van der Waals surface area contributed by atoms with E-state index in [0.29, 0.717) is 46.3 Å². The highest BCUT2D eigenvalue weighted by Crippen LogP contribution is 2.39. The van der Waals surface area contributed by atoms with Crippen molar-refractivity contribution in [3.8, 4) is 11.5 Å². The number of hydrogen-bond donors (Lipinski definition) is 3. The third-order valence-corrected chi connectivity index (χ3v) is 12.7. The monoisotopic (exact) mass is 837 g/mol. The lowest BCUT2D eigenvalue weighted by molar-refractivity contribution is -0.143. The number of benzene rings is 2. The molecule has 6 rings (SSSR count). The van der Waals surface area contributed by atoms with Gasteiger partial charge < -0.3 is 30.0 Å². The van der Waals surface area contributed by atoms with Gasteiger partial charge in [-0.15, -0.1) is 0 Å². The summed E-state index contributed by atoms with van der Waals surface area (Å²) >= 11 is 0. The molecular formula is C45H59F4N7O4. The molecule has 2 aliphatic rings. The van der Waals surface area contributed by atoms with Gasteiger partial charge in [-0.3, -0.25) is 19.2 Å². The van der Waals surface area contributed by atoms with Gasteiger partial charge in [-0.1, -0.05) is 41.5 Å². The Balaban J connectivity index is 1.41. The zero-order valence-electron chi connectivity index (χ0n) is 35.9. The summed E-state index contributed by atoms with van der Waals surface area (Å²) in [5.41, 5.74) is 1.63. The Morgan fingerprint density at radius 2 is 1.53 bits per heavy atom. The summed E-state index contributed by atoms with van der Waals surface area (Å²) in [5, 5.41) is 6.40. The molecule has 0 spiro atoms. The molecule has 60 heavy (non-hydrogen) atoms. The molecule has 4 heterocycles. The summed E-state index contributed by atoms with van der Waals surface area (Å²) in [6.45, 7) is 12.6. The van der Waals surface area contributed by atoms with Gasteiger partial charge in [0.15, 0.2) is 5.82 Å². The van der Waals surface area contributed by atoms with Crippen LogP contribution in [0.5, 0.6) is 0 Å². The van der Waals surface area contributed by atoms with E-state index in [1.165, 1.54) is 34.1 Å². The fraction of sp³-hybridized carbons (Fsp3) is 0.578. The van der Waals surface area contributed by atoms with Gasteiger partial charge in [-0.05, 0) is 74.5 Å². The third kappa shape index (κ3) is 9.25. The Labute approximate surface area is 349 Å². The van der Waals surface area contributed by atoms with Crippen molar-refractivity contribution in [2.45, 2.75) is 130 Å². The second-order valence-electron chi connectivity index (χ2n) is 17.9. The number of carbonyl (C=O) groups excluding carboxylic acids is 4. The van der Waals surface area contributed by atoms with Crippen LogP contribution < -0.4 is 10.6 Å². The number of likely N-dealkylation sites (N-methyl/N-ethyl adjacent to an activating group) is 1. The molecule has 326 valence electrons. The van der Waals surface area contributed by atoms with Gasteiger partial charge >= 0.3 is 0 Å². The van der Waals surface area contributed by atoms with Crippen LogP contribution in [0.4, 0.5) is 17.6 Å². The van der Waals surface area contributed by atoms with Gasteiger partial charge in [0.2, 0.25) is 17.7 Å². The number of likely N-dealkylation sites (tertiary alicyclic amines) is 2. The number of aromatic nitrogens is 3. The molecule has 0 radical (unpaired) electrons. The molecule has 2 fully saturated rings. The first kappa shape index (κ1) is 44.8. The van der Waals surface area contributed by atoms with Crippen molar-refractivity contribution >= 4 is 45.4 Å². The second kappa shape index (κ2) is 18.1. The first-order valence-electron chi connectivity index (χ1n) is 21.2. The van der Waals surface area contributed by atoms with Crippen molar-refractivity contribution in [1.29, 1.82) is 0 Å². The molecule has 15 heteroatoms. The highest BCUT2D eigenvalue weighted by molar-refractivity contribution is 5.93. The van der Waals surface area contributed by atoms with Gasteiger partial charge in [0.25, 0.3) is 0 Å². The molecular weight excluding hydrogens is 779 g/mol. The zero-order chi connectivity index (χ0) is 43.8. The lowest BCUT2D eigenvalue weighted by Gasteiger charge is -2.35. The van der Waals surface area contributed by atoms with E-state index >= 15 is 8.78 Å². The van der Waals surface area contributed by atoms with Gasteiger partial charge in [0.1, 0.15) is 35.8 Å². The number of alkyl halides is 2. The van der Waals surface area contributed by atoms with Gasteiger partial charge in [-0.2, -0.15) is 0 Å². The van der Waals surface area contributed by atoms with Crippen molar-refractivity contribution in [3.63, 3.8) is 0 Å². The Morgan fingerprint density at radius 1 is 0.900 bits per heavy atom. The number of fused-ring (bicyclic) bond motifs is 2. The van der Waals surface area contributed by atoms with E-state index in [4.69, 9.17) is 4.98 Å². The van der Waals surface area contributed by atoms with E-state index in [0.717, 1.165) is 0 Å². The topological polar surface area (TPSA) is 132 Å². The summed E-state index contributed by atoms with van der Waals surface area (Å²) in [6.07, 6.45) is -1.62. The molecule has 11 nitrogen and oxygen atoms in total. The maximum atomic E-state index is 15.6. The number of nitrogens with zero attached hydrogens (tertiary/aromatic N) is 4. The van der Waals surface area contributed by atoms with Crippen molar-refractivity contribution in [3.05, 3.63) is 53.6 Å². The number of H-pyrrole nitrogens is 1. The first-order valence-corrected chi connectivity index (χ1v) is 21.2. The number of aromatic amines is 1. The lowest BCUT2D eigenvalue weighted by Crippen LogP contribution is -2.51. The van der Waals surface area contributed by atoms with Gasteiger partial charge in [0.05, 0.1) is 41.9 Å². The van der Waals surface area contributed by atoms with Gasteiger partial charge in [0, 0.05) is 60.7 Å². The van der Waals surface area contributed by atoms with E-state index < -0.39 is 65.4 Å². The minimum Gasteiger partial charge on any atom is -0.352 e. The summed E-state index contributed by atoms with van der Waals surface area (Å²) < 4.78 is 62.4. The number of imidazole rings is 1. The van der Waals surface area contributed by atoms with Crippen LogP contribution in [0.15, 0.2) is 36.4 Å². The number of ketones is 1. The predicted molar refractivity (Wildman–Crippen MR) is 223 cm³/mol. The van der Waals surface area contributed by atoms with Crippen LogP contribution in [-0.4, -0.2) is 104 Å². The summed E-state index contributed by atoms with van der Waals surface area (Å²) in [6, 6.07) is 5.74. The van der Waals surface area contributed by atoms with Crippen molar-refractivity contribution in [2.75, 3.05) is 20.1 Å². The SMILES string of the molecule is CC[C@@H](C)C(=O)N[C@@H](CC)C(=O)N1C[C@@H](F)C[C@H]1Cn1c(-c2[nH]c3cc(F)ccc3c2C[C@@H]2C[C@H](F)CN2C(=O)C(CC(=O)[C@H](C)NC)C(C)(C)C)nc2cc(F)ccc21. The molecule has 3 N–H and O–H groups in total. The predicted octanol–water partition coefficient (Wildman–Crippen LogP) is 7.05. The average Bonchev–Trinajstić information content (AvgIpc) is 3.96. The van der Waals surface area contributed by atoms with Crippen LogP contribution in [-0.2, 0) is 32.1 Å². The normalized spacial score (nSPS) is 21.7. The summed E-state index contributed by atoms with van der Waals surface area (Å²) in [7, 11) is 1.68. The van der Waals surface area contributed by atoms with Crippen LogP contribution >= 0.6 is 0 Å². The number of Topliss-reactive ketones (excluding diaryl/α,β-unsaturated/α-hetero) is 1. The fourth-order valence-electron chi connectivity index (χ4n) is 8.72. The van der Waals surface area contributed by atoms with Crippen molar-refractivity contribution in [2.24, 2.45) is 17.3 Å². The maximum absolute atomic E-state index is 15.6. The Morgan fingerprint density at radius 3 is 2.17 bits per heavy atom. The Kier molecular flexibility index (Phi) is 13.5. The van der Waals surface area contributed by atoms with E-state index in [1.807, 2.05) is 27.7 Å². The number of hydrogen-bond acceptors (Lipinski definition) is 6. The number of rotatable bonds is 15. The Bertz CT molecular complexity index is 2230. The van der Waals surface area contributed by atoms with Crippen LogP contribution in [0.1, 0.15) is 86.1 Å². The van der Waals surface area contributed by atoms with Crippen molar-refractivity contribution < 1.29 is 36.7 Å². The average molecular weight is 838 g/mol. The molecule has 0 saturated carbocycles. The molecule has 0 bridgehead atoms. The zero-order valence-corrected chi connectivity index (χ0v) is 35.9. The number of amides is 3. The number of carbonyl (C=O) groups is 4. The van der Waals surface area contributed by atoms with Gasteiger partial charge in [-0.25, -0.2) is 22.5 Å². The Hall–Kier alpha value is -4.79. The molecule has 2 aliphatic heterocycles. The minimum atomic E-state index is -1.34. The first-order chi connectivity index (χ1) is 28.3. The highest BCUT2D eigenvalue weighted by atomic mass is 19.1. The minimum absolute atomic E-state index is 0.00807. The second-order valence-corrected chi connectivity index (χ2v) is 17.9. The fourth-order valence-corrected chi connectivity index (χ4v) is 8.72. The van der Waals surface area contributed by atoms with Crippen LogP contribution in [0, 0.1) is 28.9 Å². The van der Waals surface area contributed by atoms with Crippen LogP contribution in [0.25, 0.3) is 33.5 Å². The molecule has 3 amide bonds. The molecule has 8 atom stereocenters. The van der Waals surface area contributed by atoms with Crippen LogP contribution in [0.3, 0.4) is 0 Å². The highest BCUT2D eigenvalue weighted by Gasteiger charge is 2.44. The molecule has 2 saturated heterocycles. The molecule has 1 unspecified atom stereocenters. The number of nitrogens with one attached hydrogen (secondary N) is 3.